The lowest BCUT2D eigenvalue weighted by atomic mass is 9.62. The topological polar surface area (TPSA) is 123 Å². The van der Waals surface area contributed by atoms with E-state index in [2.05, 4.69) is 10.3 Å². The van der Waals surface area contributed by atoms with Gasteiger partial charge in [0.25, 0.3) is 5.69 Å². The number of piperidine rings is 1. The number of nitro benzene ring substituents is 1. The Bertz CT molecular complexity index is 1110. The molecule has 9 nitrogen and oxygen atoms in total. The van der Waals surface area contributed by atoms with Gasteiger partial charge in [0, 0.05) is 29.0 Å². The highest BCUT2D eigenvalue weighted by atomic mass is 32.1. The molecule has 1 aliphatic carbocycles. The van der Waals surface area contributed by atoms with E-state index in [4.69, 9.17) is 0 Å². The van der Waals surface area contributed by atoms with Gasteiger partial charge in [-0.05, 0) is 18.3 Å². The van der Waals surface area contributed by atoms with Crippen molar-refractivity contribution in [1.82, 2.24) is 9.88 Å². The number of benzene rings is 1. The van der Waals surface area contributed by atoms with E-state index in [1.807, 2.05) is 20.8 Å². The molecule has 2 aromatic rings. The maximum atomic E-state index is 13.1. The lowest BCUT2D eigenvalue weighted by molar-refractivity contribution is -0.384. The Morgan fingerprint density at radius 2 is 2.10 bits per heavy atom. The lowest BCUT2D eigenvalue weighted by Crippen LogP contribution is -2.60. The summed E-state index contributed by atoms with van der Waals surface area (Å²) in [7, 11) is 0. The fourth-order valence-electron chi connectivity index (χ4n) is 4.60. The van der Waals surface area contributed by atoms with Crippen molar-refractivity contribution in [3.8, 4) is 11.3 Å². The van der Waals surface area contributed by atoms with Gasteiger partial charge in [0.05, 0.1) is 16.0 Å². The van der Waals surface area contributed by atoms with E-state index in [1.165, 1.54) is 12.1 Å². The summed E-state index contributed by atoms with van der Waals surface area (Å²) in [5.74, 6) is -1.38. The van der Waals surface area contributed by atoms with E-state index in [-0.39, 0.29) is 35.1 Å². The number of nitrogens with zero attached hydrogens (tertiary/aromatic N) is 3. The number of aromatic nitrogens is 1. The highest BCUT2D eigenvalue weighted by molar-refractivity contribution is 7.14. The molecule has 0 radical (unpaired) electrons. The molecule has 4 rings (SSSR count). The highest BCUT2D eigenvalue weighted by Crippen LogP contribution is 2.59. The summed E-state index contributed by atoms with van der Waals surface area (Å²) in [6.45, 7) is 5.41. The fraction of sp³-hybridized carbons (Fsp3) is 0.429. The van der Waals surface area contributed by atoms with E-state index in [9.17, 15) is 24.5 Å². The molecule has 162 valence electrons. The van der Waals surface area contributed by atoms with Crippen LogP contribution in [0.5, 0.6) is 0 Å². The van der Waals surface area contributed by atoms with Crippen LogP contribution in [0.25, 0.3) is 11.3 Å². The van der Waals surface area contributed by atoms with Gasteiger partial charge in [0.15, 0.2) is 5.13 Å². The average molecular weight is 442 g/mol. The standard InChI is InChI=1S/C21H22N4O5S/c1-20(2)14-7-8-21(20,3)18(28)24(17(14)27)10-16(26)23-19-22-15(11-31-19)12-5-4-6-13(9-12)25(29)30/h4-6,9,11,14H,7-8,10H2,1-3H3,(H,22,23,26). The molecular formula is C21H22N4O5S. The molecule has 1 saturated heterocycles. The number of amides is 3. The van der Waals surface area contributed by atoms with Crippen LogP contribution in [0.2, 0.25) is 0 Å². The van der Waals surface area contributed by atoms with Crippen LogP contribution in [0.15, 0.2) is 29.6 Å². The van der Waals surface area contributed by atoms with Crippen LogP contribution in [-0.2, 0) is 14.4 Å². The van der Waals surface area contributed by atoms with Crippen molar-refractivity contribution in [2.24, 2.45) is 16.7 Å². The molecule has 1 aliphatic heterocycles. The van der Waals surface area contributed by atoms with Gasteiger partial charge in [-0.1, -0.05) is 32.9 Å². The van der Waals surface area contributed by atoms with Gasteiger partial charge in [0.2, 0.25) is 17.7 Å². The Balaban J connectivity index is 1.47. The predicted octanol–water partition coefficient (Wildman–Crippen LogP) is 3.47. The second-order valence-electron chi connectivity index (χ2n) is 8.77. The third-order valence-electron chi connectivity index (χ3n) is 6.91. The van der Waals surface area contributed by atoms with Crippen LogP contribution in [-0.4, -0.2) is 39.1 Å². The Morgan fingerprint density at radius 3 is 2.81 bits per heavy atom. The number of carbonyl (C=O) groups excluding carboxylic acids is 3. The van der Waals surface area contributed by atoms with Gasteiger partial charge < -0.3 is 5.32 Å². The van der Waals surface area contributed by atoms with Crippen molar-refractivity contribution >= 4 is 39.9 Å². The Kier molecular flexibility index (Phi) is 4.92. The number of hydrogen-bond acceptors (Lipinski definition) is 7. The molecule has 1 N–H and O–H groups in total. The molecule has 2 unspecified atom stereocenters. The first kappa shape index (κ1) is 21.1. The molecule has 2 fully saturated rings. The van der Waals surface area contributed by atoms with Gasteiger partial charge in [-0.25, -0.2) is 4.98 Å². The number of carbonyl (C=O) groups is 3. The summed E-state index contributed by atoms with van der Waals surface area (Å²) >= 11 is 1.16. The van der Waals surface area contributed by atoms with Gasteiger partial charge in [-0.15, -0.1) is 11.3 Å². The molecule has 1 aromatic heterocycles. The van der Waals surface area contributed by atoms with Crippen LogP contribution < -0.4 is 5.32 Å². The predicted molar refractivity (Wildman–Crippen MR) is 114 cm³/mol. The minimum absolute atomic E-state index is 0.0516. The fourth-order valence-corrected chi connectivity index (χ4v) is 5.33. The molecule has 3 amide bonds. The first-order chi connectivity index (χ1) is 14.5. The smallest absolute Gasteiger partial charge is 0.270 e. The highest BCUT2D eigenvalue weighted by Gasteiger charge is 2.64. The van der Waals surface area contributed by atoms with Crippen LogP contribution in [0, 0.1) is 26.9 Å². The summed E-state index contributed by atoms with van der Waals surface area (Å²) in [4.78, 5) is 54.4. The zero-order valence-corrected chi connectivity index (χ0v) is 18.2. The van der Waals surface area contributed by atoms with Crippen molar-refractivity contribution in [2.45, 2.75) is 33.6 Å². The van der Waals surface area contributed by atoms with Crippen LogP contribution in [0.1, 0.15) is 33.6 Å². The SMILES string of the molecule is CC12CCC(C(=O)N(CC(=O)Nc3nc(-c4cccc([N+](=O)[O-])c4)cs3)C1=O)C2(C)C. The molecule has 2 bridgehead atoms. The molecule has 2 atom stereocenters. The quantitative estimate of drug-likeness (QED) is 0.430. The summed E-state index contributed by atoms with van der Waals surface area (Å²) in [6, 6.07) is 6.05. The number of fused-ring (bicyclic) bond motifs is 2. The van der Waals surface area contributed by atoms with Gasteiger partial charge in [-0.3, -0.25) is 29.4 Å². The maximum Gasteiger partial charge on any atom is 0.270 e. The summed E-state index contributed by atoms with van der Waals surface area (Å²) in [6.07, 6.45) is 1.28. The van der Waals surface area contributed by atoms with Crippen molar-refractivity contribution in [3.63, 3.8) is 0 Å². The minimum atomic E-state index is -0.664. The number of nitrogens with one attached hydrogen (secondary N) is 1. The van der Waals surface area contributed by atoms with Gasteiger partial charge in [0.1, 0.15) is 6.54 Å². The molecule has 2 heterocycles. The number of thiazole rings is 1. The van der Waals surface area contributed by atoms with E-state index >= 15 is 0 Å². The summed E-state index contributed by atoms with van der Waals surface area (Å²) < 4.78 is 0. The number of hydrogen-bond donors (Lipinski definition) is 1. The van der Waals surface area contributed by atoms with E-state index in [1.54, 1.807) is 17.5 Å². The molecule has 31 heavy (non-hydrogen) atoms. The van der Waals surface area contributed by atoms with Gasteiger partial charge >= 0.3 is 0 Å². The summed E-state index contributed by atoms with van der Waals surface area (Å²) in [5, 5.41) is 15.6. The second kappa shape index (κ2) is 7.23. The Morgan fingerprint density at radius 1 is 1.35 bits per heavy atom. The minimum Gasteiger partial charge on any atom is -0.300 e. The van der Waals surface area contributed by atoms with Crippen LogP contribution in [0.3, 0.4) is 0 Å². The average Bonchev–Trinajstić information content (AvgIpc) is 3.25. The molecule has 1 saturated carbocycles. The largest absolute Gasteiger partial charge is 0.300 e. The van der Waals surface area contributed by atoms with Gasteiger partial charge in [-0.2, -0.15) is 0 Å². The van der Waals surface area contributed by atoms with E-state index in [0.717, 1.165) is 16.2 Å². The molecular weight excluding hydrogens is 420 g/mol. The van der Waals surface area contributed by atoms with Crippen LogP contribution >= 0.6 is 11.3 Å². The number of imide groups is 1. The van der Waals surface area contributed by atoms with E-state index < -0.39 is 21.7 Å². The molecule has 1 aromatic carbocycles. The number of likely N-dealkylation sites (tertiary alicyclic amines) is 1. The second-order valence-corrected chi connectivity index (χ2v) is 9.63. The van der Waals surface area contributed by atoms with E-state index in [0.29, 0.717) is 24.1 Å². The first-order valence-electron chi connectivity index (χ1n) is 9.90. The number of rotatable bonds is 5. The molecule has 10 heteroatoms. The monoisotopic (exact) mass is 442 g/mol. The lowest BCUT2D eigenvalue weighted by Gasteiger charge is -2.47. The van der Waals surface area contributed by atoms with Crippen molar-refractivity contribution in [1.29, 1.82) is 0 Å². The zero-order chi connectivity index (χ0) is 22.6. The maximum absolute atomic E-state index is 13.1. The number of anilines is 1. The Hall–Kier alpha value is -3.14. The number of non-ortho nitro benzene ring substituents is 1. The molecule has 0 spiro atoms. The first-order valence-corrected chi connectivity index (χ1v) is 10.8. The van der Waals surface area contributed by atoms with Crippen molar-refractivity contribution in [3.05, 3.63) is 39.8 Å². The third kappa shape index (κ3) is 3.31. The third-order valence-corrected chi connectivity index (χ3v) is 7.67. The normalized spacial score (nSPS) is 24.4. The Labute approximate surface area is 182 Å². The molecule has 2 aliphatic rings. The summed E-state index contributed by atoms with van der Waals surface area (Å²) in [5.41, 5.74) is -0.108. The zero-order valence-electron chi connectivity index (χ0n) is 17.4. The van der Waals surface area contributed by atoms with Crippen molar-refractivity contribution in [2.75, 3.05) is 11.9 Å². The van der Waals surface area contributed by atoms with Crippen LogP contribution in [0.4, 0.5) is 10.8 Å². The van der Waals surface area contributed by atoms with Crippen molar-refractivity contribution < 1.29 is 19.3 Å². The number of nitro groups is 1.